The Bertz CT molecular complexity index is 435. The minimum absolute atomic E-state index is 0.129. The standard InChI is InChI=1S/C13H15NO3S/c15-12(9-4-2-1-3-5-9)14-13(16)17-10-6-7-11(18)8-10/h1-5,10-11,18H,6-8H2,(H,14,15,16). The van der Waals surface area contributed by atoms with Crippen LogP contribution in [0.5, 0.6) is 0 Å². The number of nitrogens with one attached hydrogen (secondary N) is 1. The summed E-state index contributed by atoms with van der Waals surface area (Å²) >= 11 is 4.32. The first kappa shape index (κ1) is 13.0. The molecule has 2 unspecified atom stereocenters. The summed E-state index contributed by atoms with van der Waals surface area (Å²) < 4.78 is 5.15. The van der Waals surface area contributed by atoms with Crippen LogP contribution in [0.25, 0.3) is 0 Å². The molecule has 0 heterocycles. The first-order valence-electron chi connectivity index (χ1n) is 5.90. The van der Waals surface area contributed by atoms with E-state index in [0.717, 1.165) is 19.3 Å². The smallest absolute Gasteiger partial charge is 0.414 e. The molecule has 1 saturated carbocycles. The molecule has 1 N–H and O–H groups in total. The monoisotopic (exact) mass is 265 g/mol. The Morgan fingerprint density at radius 1 is 1.22 bits per heavy atom. The molecule has 96 valence electrons. The van der Waals surface area contributed by atoms with Gasteiger partial charge >= 0.3 is 6.09 Å². The number of benzene rings is 1. The highest BCUT2D eigenvalue weighted by Crippen LogP contribution is 2.25. The van der Waals surface area contributed by atoms with Crippen LogP contribution < -0.4 is 5.32 Å². The molecule has 0 radical (unpaired) electrons. The first-order chi connectivity index (χ1) is 8.65. The summed E-state index contributed by atoms with van der Waals surface area (Å²) in [7, 11) is 0. The number of hydrogen-bond donors (Lipinski definition) is 2. The Balaban J connectivity index is 1.83. The number of amides is 2. The largest absolute Gasteiger partial charge is 0.446 e. The fourth-order valence-electron chi connectivity index (χ4n) is 1.96. The molecule has 2 amide bonds. The van der Waals surface area contributed by atoms with E-state index in [4.69, 9.17) is 4.74 Å². The normalized spacial score (nSPS) is 22.5. The van der Waals surface area contributed by atoms with Gasteiger partial charge in [0, 0.05) is 10.8 Å². The quantitative estimate of drug-likeness (QED) is 0.807. The third-order valence-electron chi connectivity index (χ3n) is 2.88. The van der Waals surface area contributed by atoms with Gasteiger partial charge in [0.2, 0.25) is 0 Å². The minimum atomic E-state index is -0.684. The van der Waals surface area contributed by atoms with Gasteiger partial charge in [0.05, 0.1) is 0 Å². The van der Waals surface area contributed by atoms with Gasteiger partial charge in [-0.15, -0.1) is 0 Å². The van der Waals surface area contributed by atoms with Gasteiger partial charge < -0.3 is 4.74 Å². The Labute approximate surface area is 111 Å². The topological polar surface area (TPSA) is 55.4 Å². The van der Waals surface area contributed by atoms with Crippen LogP contribution in [0.2, 0.25) is 0 Å². The van der Waals surface area contributed by atoms with Crippen molar-refractivity contribution in [2.45, 2.75) is 30.6 Å². The third-order valence-corrected chi connectivity index (χ3v) is 3.35. The highest BCUT2D eigenvalue weighted by Gasteiger charge is 2.25. The maximum atomic E-state index is 11.7. The average molecular weight is 265 g/mol. The zero-order valence-electron chi connectivity index (χ0n) is 9.83. The van der Waals surface area contributed by atoms with E-state index in [-0.39, 0.29) is 11.4 Å². The summed E-state index contributed by atoms with van der Waals surface area (Å²) in [5, 5.41) is 2.50. The Hall–Kier alpha value is -1.49. The van der Waals surface area contributed by atoms with Crippen molar-refractivity contribution in [2.75, 3.05) is 0 Å². The van der Waals surface area contributed by atoms with Crippen LogP contribution in [0.4, 0.5) is 4.79 Å². The van der Waals surface area contributed by atoms with Crippen molar-refractivity contribution >= 4 is 24.6 Å². The van der Waals surface area contributed by atoms with Crippen molar-refractivity contribution in [3.63, 3.8) is 0 Å². The zero-order valence-corrected chi connectivity index (χ0v) is 10.7. The van der Waals surface area contributed by atoms with E-state index in [1.165, 1.54) is 0 Å². The molecule has 4 nitrogen and oxygen atoms in total. The predicted octanol–water partition coefficient (Wildman–Crippen LogP) is 2.40. The van der Waals surface area contributed by atoms with Crippen LogP contribution in [0.1, 0.15) is 29.6 Å². The van der Waals surface area contributed by atoms with Gasteiger partial charge in [-0.05, 0) is 31.4 Å². The Kier molecular flexibility index (Phi) is 4.25. The van der Waals surface area contributed by atoms with Crippen LogP contribution in [-0.4, -0.2) is 23.4 Å². The summed E-state index contributed by atoms with van der Waals surface area (Å²) in [5.74, 6) is -0.443. The molecule has 5 heteroatoms. The molecule has 2 rings (SSSR count). The van der Waals surface area contributed by atoms with E-state index >= 15 is 0 Å². The Morgan fingerprint density at radius 3 is 2.56 bits per heavy atom. The van der Waals surface area contributed by atoms with E-state index < -0.39 is 12.0 Å². The molecule has 1 aromatic rings. The molecule has 1 aliphatic carbocycles. The van der Waals surface area contributed by atoms with Gasteiger partial charge in [-0.25, -0.2) is 4.79 Å². The maximum absolute atomic E-state index is 11.7. The number of alkyl carbamates (subject to hydrolysis) is 1. The molecule has 0 saturated heterocycles. The van der Waals surface area contributed by atoms with E-state index in [1.807, 2.05) is 0 Å². The van der Waals surface area contributed by atoms with Gasteiger partial charge in [-0.1, -0.05) is 18.2 Å². The first-order valence-corrected chi connectivity index (χ1v) is 6.42. The van der Waals surface area contributed by atoms with Crippen LogP contribution in [0.3, 0.4) is 0 Å². The minimum Gasteiger partial charge on any atom is -0.446 e. The van der Waals surface area contributed by atoms with E-state index in [0.29, 0.717) is 5.56 Å². The van der Waals surface area contributed by atoms with Crippen molar-refractivity contribution in [3.8, 4) is 0 Å². The fraction of sp³-hybridized carbons (Fsp3) is 0.385. The van der Waals surface area contributed by atoms with Gasteiger partial charge in [0.25, 0.3) is 5.91 Å². The highest BCUT2D eigenvalue weighted by molar-refractivity contribution is 7.80. The van der Waals surface area contributed by atoms with Crippen molar-refractivity contribution in [1.29, 1.82) is 0 Å². The molecule has 1 aromatic carbocycles. The molecule has 1 fully saturated rings. The zero-order chi connectivity index (χ0) is 13.0. The lowest BCUT2D eigenvalue weighted by Gasteiger charge is -2.11. The number of carbonyl (C=O) groups excluding carboxylic acids is 2. The van der Waals surface area contributed by atoms with Crippen molar-refractivity contribution < 1.29 is 14.3 Å². The number of carbonyl (C=O) groups is 2. The lowest BCUT2D eigenvalue weighted by molar-refractivity contribution is 0.0834. The SMILES string of the molecule is O=C(NC(=O)c1ccccc1)OC1CCC(S)C1. The number of thiol groups is 1. The molecular weight excluding hydrogens is 250 g/mol. The van der Waals surface area contributed by atoms with Gasteiger partial charge in [0.1, 0.15) is 6.10 Å². The number of rotatable bonds is 2. The van der Waals surface area contributed by atoms with Crippen LogP contribution in [0, 0.1) is 0 Å². The second kappa shape index (κ2) is 5.91. The molecule has 2 atom stereocenters. The molecule has 0 spiro atoms. The highest BCUT2D eigenvalue weighted by atomic mass is 32.1. The second-order valence-corrected chi connectivity index (χ2v) is 5.04. The number of hydrogen-bond acceptors (Lipinski definition) is 4. The molecule has 0 aliphatic heterocycles. The van der Waals surface area contributed by atoms with Crippen LogP contribution in [0.15, 0.2) is 30.3 Å². The molecule has 0 bridgehead atoms. The van der Waals surface area contributed by atoms with E-state index in [9.17, 15) is 9.59 Å². The second-order valence-electron chi connectivity index (χ2n) is 4.31. The fourth-order valence-corrected chi connectivity index (χ4v) is 2.34. The molecule has 0 aromatic heterocycles. The summed E-state index contributed by atoms with van der Waals surface area (Å²) in [4.78, 5) is 23.2. The summed E-state index contributed by atoms with van der Waals surface area (Å²) in [6.07, 6.45) is 1.68. The number of imide groups is 1. The molecule has 18 heavy (non-hydrogen) atoms. The molecular formula is C13H15NO3S. The lowest BCUT2D eigenvalue weighted by atomic mass is 10.2. The lowest BCUT2D eigenvalue weighted by Crippen LogP contribution is -2.33. The van der Waals surface area contributed by atoms with Crippen molar-refractivity contribution in [3.05, 3.63) is 35.9 Å². The predicted molar refractivity (Wildman–Crippen MR) is 70.8 cm³/mol. The van der Waals surface area contributed by atoms with E-state index in [1.54, 1.807) is 30.3 Å². The van der Waals surface area contributed by atoms with Crippen LogP contribution >= 0.6 is 12.6 Å². The summed E-state index contributed by atoms with van der Waals surface area (Å²) in [5.41, 5.74) is 0.438. The van der Waals surface area contributed by atoms with E-state index in [2.05, 4.69) is 17.9 Å². The maximum Gasteiger partial charge on any atom is 0.414 e. The van der Waals surface area contributed by atoms with Crippen molar-refractivity contribution in [2.24, 2.45) is 0 Å². The summed E-state index contributed by atoms with van der Waals surface area (Å²) in [6, 6.07) is 8.57. The third kappa shape index (κ3) is 3.50. The average Bonchev–Trinajstić information content (AvgIpc) is 2.75. The van der Waals surface area contributed by atoms with Crippen LogP contribution in [-0.2, 0) is 4.74 Å². The molecule has 1 aliphatic rings. The summed E-state index contributed by atoms with van der Waals surface area (Å²) in [6.45, 7) is 0. The van der Waals surface area contributed by atoms with Gasteiger partial charge in [-0.2, -0.15) is 12.6 Å². The van der Waals surface area contributed by atoms with Gasteiger partial charge in [-0.3, -0.25) is 10.1 Å². The Morgan fingerprint density at radius 2 is 1.94 bits per heavy atom. The van der Waals surface area contributed by atoms with Crippen molar-refractivity contribution in [1.82, 2.24) is 5.32 Å². The van der Waals surface area contributed by atoms with Gasteiger partial charge in [0.15, 0.2) is 0 Å². The number of ether oxygens (including phenoxy) is 1.